The van der Waals surface area contributed by atoms with Gasteiger partial charge in [-0.2, -0.15) is 0 Å². The van der Waals surface area contributed by atoms with Crippen LogP contribution in [0.5, 0.6) is 11.6 Å². The maximum absolute atomic E-state index is 13.1. The monoisotopic (exact) mass is 233 g/mol. The molecule has 0 spiro atoms. The van der Waals surface area contributed by atoms with Crippen LogP contribution < -0.4 is 9.47 Å². The molecule has 1 aromatic heterocycles. The van der Waals surface area contributed by atoms with Crippen LogP contribution in [0.2, 0.25) is 0 Å². The molecule has 17 heavy (non-hydrogen) atoms. The average Bonchev–Trinajstić information content (AvgIpc) is 2.38. The number of ether oxygens (including phenoxy) is 2. The van der Waals surface area contributed by atoms with Crippen LogP contribution in [-0.2, 0) is 0 Å². The van der Waals surface area contributed by atoms with E-state index in [0.717, 1.165) is 0 Å². The maximum atomic E-state index is 13.1. The lowest BCUT2D eigenvalue weighted by Crippen LogP contribution is -1.95. The van der Waals surface area contributed by atoms with E-state index in [4.69, 9.17) is 9.47 Å². The summed E-state index contributed by atoms with van der Waals surface area (Å²) in [6.07, 6.45) is 0. The zero-order chi connectivity index (χ0) is 12.3. The van der Waals surface area contributed by atoms with E-state index in [1.165, 1.54) is 19.2 Å². The third kappa shape index (κ3) is 2.36. The standard InChI is InChI=1S/C13H12FNO2/c1-16-12-7-6-11(15-13(12)17-2)9-4-3-5-10(14)8-9/h3-8H,1-2H3. The normalized spacial score (nSPS) is 10.1. The molecular weight excluding hydrogens is 221 g/mol. The summed E-state index contributed by atoms with van der Waals surface area (Å²) in [5.41, 5.74) is 1.34. The van der Waals surface area contributed by atoms with Crippen LogP contribution >= 0.6 is 0 Å². The van der Waals surface area contributed by atoms with E-state index in [9.17, 15) is 4.39 Å². The number of nitrogens with zero attached hydrogens (tertiary/aromatic N) is 1. The Labute approximate surface area is 98.8 Å². The van der Waals surface area contributed by atoms with E-state index in [0.29, 0.717) is 22.9 Å². The Balaban J connectivity index is 2.46. The third-order valence-corrected chi connectivity index (χ3v) is 2.36. The summed E-state index contributed by atoms with van der Waals surface area (Å²) in [6.45, 7) is 0. The fourth-order valence-electron chi connectivity index (χ4n) is 1.54. The smallest absolute Gasteiger partial charge is 0.257 e. The van der Waals surface area contributed by atoms with Crippen molar-refractivity contribution in [2.75, 3.05) is 14.2 Å². The van der Waals surface area contributed by atoms with Crippen LogP contribution in [0.3, 0.4) is 0 Å². The molecule has 0 saturated heterocycles. The number of halogens is 1. The molecular formula is C13H12FNO2. The van der Waals surface area contributed by atoms with Gasteiger partial charge in [0.1, 0.15) is 5.82 Å². The first-order valence-electron chi connectivity index (χ1n) is 5.09. The second kappa shape index (κ2) is 4.82. The summed E-state index contributed by atoms with van der Waals surface area (Å²) in [4.78, 5) is 4.26. The number of aromatic nitrogens is 1. The minimum atomic E-state index is -0.293. The molecule has 0 amide bonds. The molecule has 3 nitrogen and oxygen atoms in total. The van der Waals surface area contributed by atoms with Crippen molar-refractivity contribution < 1.29 is 13.9 Å². The number of hydrogen-bond donors (Lipinski definition) is 0. The Morgan fingerprint density at radius 1 is 1.06 bits per heavy atom. The molecule has 0 bridgehead atoms. The van der Waals surface area contributed by atoms with Crippen molar-refractivity contribution in [1.82, 2.24) is 4.98 Å². The molecule has 0 radical (unpaired) electrons. The Morgan fingerprint density at radius 3 is 2.53 bits per heavy atom. The van der Waals surface area contributed by atoms with Gasteiger partial charge in [-0.25, -0.2) is 9.37 Å². The SMILES string of the molecule is COc1ccc(-c2cccc(F)c2)nc1OC. The molecule has 0 aliphatic heterocycles. The molecule has 0 fully saturated rings. The first kappa shape index (κ1) is 11.4. The van der Waals surface area contributed by atoms with Crippen LogP contribution in [0.4, 0.5) is 4.39 Å². The molecule has 4 heteroatoms. The van der Waals surface area contributed by atoms with Gasteiger partial charge in [0.2, 0.25) is 0 Å². The first-order chi connectivity index (χ1) is 8.24. The summed E-state index contributed by atoms with van der Waals surface area (Å²) < 4.78 is 23.3. The minimum absolute atomic E-state index is 0.293. The lowest BCUT2D eigenvalue weighted by molar-refractivity contribution is 0.343. The lowest BCUT2D eigenvalue weighted by Gasteiger charge is -2.08. The second-order valence-electron chi connectivity index (χ2n) is 3.42. The molecule has 0 atom stereocenters. The van der Waals surface area contributed by atoms with Gasteiger partial charge in [-0.15, -0.1) is 0 Å². The topological polar surface area (TPSA) is 31.4 Å². The van der Waals surface area contributed by atoms with Gasteiger partial charge >= 0.3 is 0 Å². The number of hydrogen-bond acceptors (Lipinski definition) is 3. The van der Waals surface area contributed by atoms with Crippen LogP contribution in [0.15, 0.2) is 36.4 Å². The fourth-order valence-corrected chi connectivity index (χ4v) is 1.54. The zero-order valence-corrected chi connectivity index (χ0v) is 9.61. The van der Waals surface area contributed by atoms with Crippen LogP contribution in [-0.4, -0.2) is 19.2 Å². The Bertz CT molecular complexity index is 529. The molecule has 2 aromatic rings. The highest BCUT2D eigenvalue weighted by atomic mass is 19.1. The lowest BCUT2D eigenvalue weighted by atomic mass is 10.1. The van der Waals surface area contributed by atoms with E-state index in [1.54, 1.807) is 31.4 Å². The molecule has 0 aliphatic carbocycles. The van der Waals surface area contributed by atoms with E-state index >= 15 is 0 Å². The van der Waals surface area contributed by atoms with E-state index in [-0.39, 0.29) is 5.82 Å². The number of benzene rings is 1. The van der Waals surface area contributed by atoms with Gasteiger partial charge in [0.25, 0.3) is 5.88 Å². The van der Waals surface area contributed by atoms with Gasteiger partial charge in [0, 0.05) is 5.56 Å². The highest BCUT2D eigenvalue weighted by molar-refractivity contribution is 5.61. The van der Waals surface area contributed by atoms with E-state index in [1.807, 2.05) is 0 Å². The van der Waals surface area contributed by atoms with E-state index in [2.05, 4.69) is 4.98 Å². The van der Waals surface area contributed by atoms with Crippen molar-refractivity contribution in [2.45, 2.75) is 0 Å². The van der Waals surface area contributed by atoms with Crippen molar-refractivity contribution in [2.24, 2.45) is 0 Å². The number of pyridine rings is 1. The van der Waals surface area contributed by atoms with Gasteiger partial charge in [-0.1, -0.05) is 12.1 Å². The molecule has 1 heterocycles. The molecule has 88 valence electrons. The zero-order valence-electron chi connectivity index (χ0n) is 9.61. The molecule has 0 unspecified atom stereocenters. The van der Waals surface area contributed by atoms with Gasteiger partial charge in [-0.05, 0) is 24.3 Å². The summed E-state index contributed by atoms with van der Waals surface area (Å²) in [5, 5.41) is 0. The van der Waals surface area contributed by atoms with Crippen molar-refractivity contribution in [1.29, 1.82) is 0 Å². The minimum Gasteiger partial charge on any atom is -0.491 e. The van der Waals surface area contributed by atoms with Gasteiger partial charge in [-0.3, -0.25) is 0 Å². The summed E-state index contributed by atoms with van der Waals surface area (Å²) >= 11 is 0. The van der Waals surface area contributed by atoms with Crippen molar-refractivity contribution >= 4 is 0 Å². The Kier molecular flexibility index (Phi) is 3.23. The number of methoxy groups -OCH3 is 2. The molecule has 0 N–H and O–H groups in total. The third-order valence-electron chi connectivity index (χ3n) is 2.36. The van der Waals surface area contributed by atoms with Crippen LogP contribution in [0, 0.1) is 5.82 Å². The molecule has 1 aromatic carbocycles. The van der Waals surface area contributed by atoms with E-state index < -0.39 is 0 Å². The Hall–Kier alpha value is -2.10. The predicted octanol–water partition coefficient (Wildman–Crippen LogP) is 2.90. The highest BCUT2D eigenvalue weighted by Gasteiger charge is 2.08. The van der Waals surface area contributed by atoms with Crippen LogP contribution in [0.1, 0.15) is 0 Å². The van der Waals surface area contributed by atoms with Crippen molar-refractivity contribution in [3.05, 3.63) is 42.2 Å². The van der Waals surface area contributed by atoms with Gasteiger partial charge < -0.3 is 9.47 Å². The Morgan fingerprint density at radius 2 is 1.88 bits per heavy atom. The largest absolute Gasteiger partial charge is 0.491 e. The predicted molar refractivity (Wildman–Crippen MR) is 62.7 cm³/mol. The first-order valence-corrected chi connectivity index (χ1v) is 5.09. The average molecular weight is 233 g/mol. The summed E-state index contributed by atoms with van der Waals surface area (Å²) in [7, 11) is 3.06. The number of rotatable bonds is 3. The van der Waals surface area contributed by atoms with Crippen LogP contribution in [0.25, 0.3) is 11.3 Å². The van der Waals surface area contributed by atoms with Crippen molar-refractivity contribution in [3.8, 4) is 22.9 Å². The highest BCUT2D eigenvalue weighted by Crippen LogP contribution is 2.28. The second-order valence-corrected chi connectivity index (χ2v) is 3.42. The van der Waals surface area contributed by atoms with Gasteiger partial charge in [0.15, 0.2) is 5.75 Å². The molecule has 0 saturated carbocycles. The molecule has 0 aliphatic rings. The molecule has 2 rings (SSSR count). The quantitative estimate of drug-likeness (QED) is 0.816. The van der Waals surface area contributed by atoms with Gasteiger partial charge in [0.05, 0.1) is 19.9 Å². The summed E-state index contributed by atoms with van der Waals surface area (Å²) in [5.74, 6) is 0.640. The summed E-state index contributed by atoms with van der Waals surface area (Å²) in [6, 6.07) is 9.75. The van der Waals surface area contributed by atoms with Crippen molar-refractivity contribution in [3.63, 3.8) is 0 Å². The maximum Gasteiger partial charge on any atom is 0.257 e. The fraction of sp³-hybridized carbons (Fsp3) is 0.154.